The molecule has 0 rings (SSSR count). The first-order chi connectivity index (χ1) is 7.87. The third-order valence-electron chi connectivity index (χ3n) is 1.06. The molecule has 18 heavy (non-hydrogen) atoms. The summed E-state index contributed by atoms with van der Waals surface area (Å²) in [6.07, 6.45) is -1.56. The van der Waals surface area contributed by atoms with E-state index in [2.05, 4.69) is 13.1 Å². The lowest BCUT2D eigenvalue weighted by atomic mass is 10.4. The van der Waals surface area contributed by atoms with Gasteiger partial charge in [-0.25, -0.2) is 13.7 Å². The Morgan fingerprint density at radius 1 is 0.944 bits per heavy atom. The molecule has 0 aliphatic carbocycles. The zero-order chi connectivity index (χ0) is 14.6. The van der Waals surface area contributed by atoms with Crippen LogP contribution in [0, 0.1) is 0 Å². The number of phosphoric acid groups is 3. The summed E-state index contributed by atoms with van der Waals surface area (Å²) in [5, 5.41) is 17.1. The zero-order valence-electron chi connectivity index (χ0n) is 8.47. The van der Waals surface area contributed by atoms with Crippen LogP contribution < -0.4 is 0 Å². The maximum absolute atomic E-state index is 11.0. The lowest BCUT2D eigenvalue weighted by Gasteiger charge is -2.16. The van der Waals surface area contributed by atoms with Crippen molar-refractivity contribution in [3.05, 3.63) is 0 Å². The van der Waals surface area contributed by atoms with Crippen LogP contribution in [0.3, 0.4) is 0 Å². The van der Waals surface area contributed by atoms with Gasteiger partial charge in [-0.05, 0) is 0 Å². The summed E-state index contributed by atoms with van der Waals surface area (Å²) in [7, 11) is -16.2. The van der Waals surface area contributed by atoms with Crippen molar-refractivity contribution in [2.75, 3.05) is 13.2 Å². The van der Waals surface area contributed by atoms with Gasteiger partial charge in [0.25, 0.3) is 0 Å². The van der Waals surface area contributed by atoms with Crippen LogP contribution in [0.4, 0.5) is 0 Å². The highest BCUT2D eigenvalue weighted by atomic mass is 31.3. The van der Waals surface area contributed by atoms with Crippen LogP contribution >= 0.6 is 23.5 Å². The normalized spacial score (nSPS) is 21.0. The molecule has 12 nitrogen and oxygen atoms in total. The van der Waals surface area contributed by atoms with E-state index >= 15 is 0 Å². The Labute approximate surface area is 100 Å². The minimum Gasteiger partial charge on any atom is -0.394 e. The summed E-state index contributed by atoms with van der Waals surface area (Å²) in [5.74, 6) is 0. The van der Waals surface area contributed by atoms with E-state index in [9.17, 15) is 13.7 Å². The molecule has 0 amide bonds. The van der Waals surface area contributed by atoms with E-state index in [1.54, 1.807) is 0 Å². The number of aliphatic hydroxyl groups excluding tert-OH is 2. The van der Waals surface area contributed by atoms with Gasteiger partial charge in [0, 0.05) is 0 Å². The number of phosphoric ester groups is 1. The molecule has 0 saturated carbocycles. The molecule has 6 N–H and O–H groups in total. The predicted octanol–water partition coefficient (Wildman–Crippen LogP) is -1.32. The van der Waals surface area contributed by atoms with E-state index in [-0.39, 0.29) is 0 Å². The van der Waals surface area contributed by atoms with Gasteiger partial charge in [-0.15, -0.1) is 0 Å². The number of rotatable bonds is 8. The first-order valence-corrected chi connectivity index (χ1v) is 8.46. The van der Waals surface area contributed by atoms with Crippen molar-refractivity contribution in [2.24, 2.45) is 0 Å². The highest BCUT2D eigenvalue weighted by molar-refractivity contribution is 7.66. The first kappa shape index (κ1) is 18.3. The summed E-state index contributed by atoms with van der Waals surface area (Å²) in [4.78, 5) is 33.9. The Morgan fingerprint density at radius 2 is 1.44 bits per heavy atom. The third kappa shape index (κ3) is 9.29. The summed E-state index contributed by atoms with van der Waals surface area (Å²) in [6.45, 7) is -1.75. The maximum atomic E-state index is 11.0. The van der Waals surface area contributed by atoms with Crippen LogP contribution in [-0.4, -0.2) is 49.1 Å². The van der Waals surface area contributed by atoms with Gasteiger partial charge in [-0.2, -0.15) is 8.62 Å². The Kier molecular flexibility index (Phi) is 6.79. The molecular weight excluding hydrogens is 321 g/mol. The molecule has 0 fully saturated rings. The van der Waals surface area contributed by atoms with Gasteiger partial charge in [0.2, 0.25) is 0 Å². The molecule has 0 aliphatic rings. The number of hydrogen-bond acceptors (Lipinski definition) is 8. The largest absolute Gasteiger partial charge is 0.490 e. The minimum atomic E-state index is -5.55. The molecule has 0 aromatic heterocycles. The Bertz CT molecular complexity index is 397. The van der Waals surface area contributed by atoms with E-state index in [1.807, 2.05) is 0 Å². The van der Waals surface area contributed by atoms with Crippen LogP contribution in [0.15, 0.2) is 0 Å². The van der Waals surface area contributed by atoms with Gasteiger partial charge in [0.15, 0.2) is 0 Å². The zero-order valence-corrected chi connectivity index (χ0v) is 11.1. The van der Waals surface area contributed by atoms with Gasteiger partial charge in [-0.1, -0.05) is 0 Å². The molecular formula is C3H11O12P3. The molecule has 0 saturated heterocycles. The van der Waals surface area contributed by atoms with Crippen molar-refractivity contribution in [2.45, 2.75) is 6.10 Å². The standard InChI is InChI=1S/C3H11O12P3/c4-1-3(5)2-13-17(9,10)15-18(11,12)14-16(6,7)8/h3-5H,1-2H2,(H,9,10)(H,11,12)(H2,6,7,8). The molecule has 0 heterocycles. The monoisotopic (exact) mass is 332 g/mol. The van der Waals surface area contributed by atoms with Crippen molar-refractivity contribution >= 4 is 23.5 Å². The Balaban J connectivity index is 4.52. The highest BCUT2D eigenvalue weighted by Gasteiger charge is 2.40. The molecule has 15 heteroatoms. The predicted molar refractivity (Wildman–Crippen MR) is 52.9 cm³/mol. The van der Waals surface area contributed by atoms with Crippen LogP contribution in [0.25, 0.3) is 0 Å². The first-order valence-electron chi connectivity index (χ1n) is 3.94. The van der Waals surface area contributed by atoms with Crippen LogP contribution in [0.1, 0.15) is 0 Å². The second-order valence-corrected chi connectivity index (χ2v) is 7.14. The number of aliphatic hydroxyl groups is 2. The average Bonchev–Trinajstić information content (AvgIpc) is 2.08. The second kappa shape index (κ2) is 6.67. The van der Waals surface area contributed by atoms with Gasteiger partial charge in [-0.3, -0.25) is 4.52 Å². The van der Waals surface area contributed by atoms with E-state index in [4.69, 9.17) is 29.8 Å². The SMILES string of the molecule is O=P(O)(O)OP(=O)(O)OP(=O)(O)OCC(O)CO. The van der Waals surface area contributed by atoms with Crippen molar-refractivity contribution < 1.29 is 56.6 Å². The van der Waals surface area contributed by atoms with Crippen molar-refractivity contribution in [3.63, 3.8) is 0 Å². The van der Waals surface area contributed by atoms with Gasteiger partial charge >= 0.3 is 23.5 Å². The highest BCUT2D eigenvalue weighted by Crippen LogP contribution is 2.66. The molecule has 3 atom stereocenters. The molecule has 0 radical (unpaired) electrons. The van der Waals surface area contributed by atoms with E-state index < -0.39 is 42.8 Å². The Morgan fingerprint density at radius 3 is 1.83 bits per heavy atom. The summed E-state index contributed by atoms with van der Waals surface area (Å²) >= 11 is 0. The van der Waals surface area contributed by atoms with Crippen LogP contribution in [0.5, 0.6) is 0 Å². The maximum Gasteiger partial charge on any atom is 0.490 e. The third-order valence-corrected chi connectivity index (χ3v) is 4.86. The summed E-state index contributed by atoms with van der Waals surface area (Å²) in [6, 6.07) is 0. The fourth-order valence-corrected chi connectivity index (χ4v) is 3.59. The van der Waals surface area contributed by atoms with E-state index in [0.29, 0.717) is 0 Å². The van der Waals surface area contributed by atoms with Gasteiger partial charge in [0.05, 0.1) is 13.2 Å². The lowest BCUT2D eigenvalue weighted by molar-refractivity contribution is 0.0416. The Hall–Kier alpha value is 0.330. The number of hydrogen-bond donors (Lipinski definition) is 6. The minimum absolute atomic E-state index is 0.824. The lowest BCUT2D eigenvalue weighted by Crippen LogP contribution is -2.18. The fraction of sp³-hybridized carbons (Fsp3) is 1.00. The molecule has 0 bridgehead atoms. The van der Waals surface area contributed by atoms with Crippen LogP contribution in [-0.2, 0) is 26.8 Å². The second-order valence-electron chi connectivity index (χ2n) is 2.72. The molecule has 0 aromatic carbocycles. The van der Waals surface area contributed by atoms with Crippen molar-refractivity contribution in [1.82, 2.24) is 0 Å². The topological polar surface area (TPSA) is 200 Å². The van der Waals surface area contributed by atoms with E-state index in [1.165, 1.54) is 0 Å². The average molecular weight is 332 g/mol. The molecule has 110 valence electrons. The summed E-state index contributed by atoms with van der Waals surface area (Å²) in [5.41, 5.74) is 0. The molecule has 0 aromatic rings. The van der Waals surface area contributed by atoms with Gasteiger partial charge in [0.1, 0.15) is 6.10 Å². The summed E-state index contributed by atoms with van der Waals surface area (Å²) < 4.78 is 42.7. The molecule has 0 aliphatic heterocycles. The smallest absolute Gasteiger partial charge is 0.394 e. The van der Waals surface area contributed by atoms with Crippen molar-refractivity contribution in [1.29, 1.82) is 0 Å². The van der Waals surface area contributed by atoms with Gasteiger partial charge < -0.3 is 29.8 Å². The molecule has 0 spiro atoms. The van der Waals surface area contributed by atoms with E-state index in [0.717, 1.165) is 0 Å². The fourth-order valence-electron chi connectivity index (χ4n) is 0.536. The van der Waals surface area contributed by atoms with Crippen LogP contribution in [0.2, 0.25) is 0 Å². The quantitative estimate of drug-likeness (QED) is 0.287. The van der Waals surface area contributed by atoms with Crippen molar-refractivity contribution in [3.8, 4) is 0 Å². The molecule has 3 unspecified atom stereocenters.